The molecule has 0 saturated heterocycles. The number of rotatable bonds is 7. The highest BCUT2D eigenvalue weighted by Crippen LogP contribution is 2.36. The van der Waals surface area contributed by atoms with E-state index in [4.69, 9.17) is 9.51 Å². The fourth-order valence-corrected chi connectivity index (χ4v) is 4.30. The molecule has 1 aliphatic carbocycles. The van der Waals surface area contributed by atoms with Crippen LogP contribution < -0.4 is 5.69 Å². The smallest absolute Gasteiger partial charge is 0.329 e. The summed E-state index contributed by atoms with van der Waals surface area (Å²) in [4.78, 5) is 26.8. The van der Waals surface area contributed by atoms with Crippen molar-refractivity contribution >= 4 is 11.0 Å². The van der Waals surface area contributed by atoms with Gasteiger partial charge >= 0.3 is 5.69 Å². The predicted octanol–water partition coefficient (Wildman–Crippen LogP) is 3.38. The SMILES string of the molecule is Cc1cc(CCn2cc(-c3cccnc3)nc2Cn2c(=O)n(C3CC3)c3ccncc32)on1. The Balaban J connectivity index is 1.40. The Bertz CT molecular complexity index is 1490. The molecule has 1 saturated carbocycles. The first kappa shape index (κ1) is 19.7. The average Bonchev–Trinajstić information content (AvgIpc) is 3.35. The minimum Gasteiger partial charge on any atom is -0.361 e. The molecule has 0 aliphatic heterocycles. The van der Waals surface area contributed by atoms with Crippen molar-refractivity contribution in [3.8, 4) is 11.3 Å². The zero-order chi connectivity index (χ0) is 22.4. The highest BCUT2D eigenvalue weighted by atomic mass is 16.5. The highest BCUT2D eigenvalue weighted by molar-refractivity contribution is 5.75. The molecule has 0 bridgehead atoms. The molecule has 0 spiro atoms. The molecule has 33 heavy (non-hydrogen) atoms. The van der Waals surface area contributed by atoms with E-state index >= 15 is 0 Å². The van der Waals surface area contributed by atoms with Gasteiger partial charge in [0.1, 0.15) is 11.6 Å². The first-order valence-corrected chi connectivity index (χ1v) is 11.1. The van der Waals surface area contributed by atoms with Crippen LogP contribution in [0.15, 0.2) is 64.6 Å². The van der Waals surface area contributed by atoms with E-state index in [1.165, 1.54) is 0 Å². The molecule has 166 valence electrons. The zero-order valence-electron chi connectivity index (χ0n) is 18.3. The summed E-state index contributed by atoms with van der Waals surface area (Å²) in [6, 6.07) is 8.02. The van der Waals surface area contributed by atoms with Gasteiger partial charge in [-0.25, -0.2) is 9.78 Å². The lowest BCUT2D eigenvalue weighted by atomic mass is 10.2. The predicted molar refractivity (Wildman–Crippen MR) is 122 cm³/mol. The van der Waals surface area contributed by atoms with E-state index in [-0.39, 0.29) is 11.7 Å². The fraction of sp³-hybridized carbons (Fsp3) is 0.292. The molecule has 1 aliphatic rings. The maximum absolute atomic E-state index is 13.4. The summed E-state index contributed by atoms with van der Waals surface area (Å²) >= 11 is 0. The van der Waals surface area contributed by atoms with Gasteiger partial charge in [0.25, 0.3) is 0 Å². The summed E-state index contributed by atoms with van der Waals surface area (Å²) in [6.07, 6.45) is 11.8. The van der Waals surface area contributed by atoms with E-state index < -0.39 is 0 Å². The average molecular weight is 441 g/mol. The number of hydrogen-bond donors (Lipinski definition) is 0. The van der Waals surface area contributed by atoms with E-state index in [9.17, 15) is 4.79 Å². The van der Waals surface area contributed by atoms with Gasteiger partial charge in [-0.15, -0.1) is 0 Å². The Kier molecular flexibility index (Phi) is 4.67. The molecule has 0 N–H and O–H groups in total. The number of aromatic nitrogens is 7. The van der Waals surface area contributed by atoms with Gasteiger partial charge in [0.15, 0.2) is 0 Å². The van der Waals surface area contributed by atoms with Crippen LogP contribution in [0.1, 0.15) is 36.2 Å². The van der Waals surface area contributed by atoms with Crippen molar-refractivity contribution in [2.24, 2.45) is 0 Å². The monoisotopic (exact) mass is 441 g/mol. The molecule has 6 rings (SSSR count). The Morgan fingerprint density at radius 2 is 2.00 bits per heavy atom. The Morgan fingerprint density at radius 1 is 1.12 bits per heavy atom. The molecular weight excluding hydrogens is 418 g/mol. The number of pyridine rings is 2. The van der Waals surface area contributed by atoms with Crippen molar-refractivity contribution in [2.75, 3.05) is 0 Å². The van der Waals surface area contributed by atoms with Crippen molar-refractivity contribution in [3.05, 3.63) is 83.0 Å². The molecule has 0 amide bonds. The van der Waals surface area contributed by atoms with Crippen LogP contribution in [0.2, 0.25) is 0 Å². The minimum absolute atomic E-state index is 0.0103. The summed E-state index contributed by atoms with van der Waals surface area (Å²) in [5.41, 5.74) is 4.37. The number of nitrogens with zero attached hydrogens (tertiary/aromatic N) is 7. The van der Waals surface area contributed by atoms with E-state index in [1.54, 1.807) is 29.4 Å². The topological polar surface area (TPSA) is 96.6 Å². The standard InChI is InChI=1S/C24H23N7O2/c1-16-11-19(33-28-16)7-10-29-14-20(17-3-2-8-25-12-17)27-23(29)15-30-22-13-26-9-6-21(22)31(24(30)32)18-4-5-18/h2-3,6,8-9,11-14,18H,4-5,7,10,15H2,1H3. The lowest BCUT2D eigenvalue weighted by Crippen LogP contribution is -2.25. The van der Waals surface area contributed by atoms with Crippen molar-refractivity contribution in [3.63, 3.8) is 0 Å². The van der Waals surface area contributed by atoms with Crippen LogP contribution in [-0.2, 0) is 19.5 Å². The van der Waals surface area contributed by atoms with Gasteiger partial charge in [0, 0.05) is 55.4 Å². The Hall–Kier alpha value is -4.01. The Morgan fingerprint density at radius 3 is 2.76 bits per heavy atom. The van der Waals surface area contributed by atoms with Crippen molar-refractivity contribution in [1.82, 2.24) is 33.8 Å². The maximum atomic E-state index is 13.4. The van der Waals surface area contributed by atoms with Gasteiger partial charge in [0.2, 0.25) is 0 Å². The summed E-state index contributed by atoms with van der Waals surface area (Å²) in [7, 11) is 0. The largest absolute Gasteiger partial charge is 0.361 e. The summed E-state index contributed by atoms with van der Waals surface area (Å²) in [6.45, 7) is 2.92. The molecule has 0 atom stereocenters. The van der Waals surface area contributed by atoms with E-state index in [2.05, 4.69) is 19.7 Å². The first-order chi connectivity index (χ1) is 16.2. The summed E-state index contributed by atoms with van der Waals surface area (Å²) in [5, 5.41) is 3.98. The van der Waals surface area contributed by atoms with Crippen LogP contribution in [0.25, 0.3) is 22.3 Å². The second-order valence-electron chi connectivity index (χ2n) is 8.50. The number of aryl methyl sites for hydroxylation is 3. The molecule has 5 aromatic rings. The molecule has 1 fully saturated rings. The molecule has 0 aromatic carbocycles. The fourth-order valence-electron chi connectivity index (χ4n) is 4.30. The van der Waals surface area contributed by atoms with Gasteiger partial charge in [-0.3, -0.25) is 19.1 Å². The van der Waals surface area contributed by atoms with Gasteiger partial charge in [-0.05, 0) is 38.0 Å². The third-order valence-corrected chi connectivity index (χ3v) is 6.07. The van der Waals surface area contributed by atoms with Crippen molar-refractivity contribution < 1.29 is 4.52 Å². The van der Waals surface area contributed by atoms with Gasteiger partial charge in [-0.1, -0.05) is 5.16 Å². The molecule has 0 unspecified atom stereocenters. The third-order valence-electron chi connectivity index (χ3n) is 6.07. The highest BCUT2D eigenvalue weighted by Gasteiger charge is 2.29. The summed E-state index contributed by atoms with van der Waals surface area (Å²) < 4.78 is 11.2. The van der Waals surface area contributed by atoms with E-state index in [0.29, 0.717) is 19.5 Å². The molecule has 9 heteroatoms. The van der Waals surface area contributed by atoms with Gasteiger partial charge in [0.05, 0.1) is 35.2 Å². The zero-order valence-corrected chi connectivity index (χ0v) is 18.3. The number of hydrogen-bond acceptors (Lipinski definition) is 6. The number of imidazole rings is 2. The lowest BCUT2D eigenvalue weighted by molar-refractivity contribution is 0.372. The van der Waals surface area contributed by atoms with Crippen LogP contribution in [0, 0.1) is 6.92 Å². The van der Waals surface area contributed by atoms with Crippen molar-refractivity contribution in [1.29, 1.82) is 0 Å². The normalized spacial score (nSPS) is 13.7. The molecule has 0 radical (unpaired) electrons. The molecule has 9 nitrogen and oxygen atoms in total. The second kappa shape index (κ2) is 7.84. The second-order valence-corrected chi connectivity index (χ2v) is 8.50. The number of fused-ring (bicyclic) bond motifs is 1. The van der Waals surface area contributed by atoms with Gasteiger partial charge < -0.3 is 9.09 Å². The molecular formula is C24H23N7O2. The van der Waals surface area contributed by atoms with E-state index in [0.717, 1.165) is 52.4 Å². The quantitative estimate of drug-likeness (QED) is 0.384. The van der Waals surface area contributed by atoms with Gasteiger partial charge in [-0.2, -0.15) is 0 Å². The van der Waals surface area contributed by atoms with Crippen LogP contribution in [0.3, 0.4) is 0 Å². The minimum atomic E-state index is -0.0103. The third kappa shape index (κ3) is 3.65. The summed E-state index contributed by atoms with van der Waals surface area (Å²) in [5.74, 6) is 1.62. The maximum Gasteiger partial charge on any atom is 0.329 e. The van der Waals surface area contributed by atoms with E-state index in [1.807, 2.05) is 42.0 Å². The van der Waals surface area contributed by atoms with Crippen molar-refractivity contribution in [2.45, 2.75) is 45.3 Å². The molecule has 5 heterocycles. The van der Waals surface area contributed by atoms with Crippen LogP contribution in [0.4, 0.5) is 0 Å². The first-order valence-electron chi connectivity index (χ1n) is 11.1. The molecule has 5 aromatic heterocycles. The lowest BCUT2D eigenvalue weighted by Gasteiger charge is -2.07. The Labute approximate surface area is 189 Å². The van der Waals surface area contributed by atoms with Crippen LogP contribution >= 0.6 is 0 Å². The van der Waals surface area contributed by atoms with Crippen LogP contribution in [-0.4, -0.2) is 33.8 Å². The van der Waals surface area contributed by atoms with Crippen LogP contribution in [0.5, 0.6) is 0 Å².